The zero-order valence-electron chi connectivity index (χ0n) is 10.4. The van der Waals surface area contributed by atoms with Crippen molar-refractivity contribution in [3.05, 3.63) is 47.1 Å². The molecular weight excluding hydrogens is 280 g/mol. The first kappa shape index (κ1) is 12.6. The van der Waals surface area contributed by atoms with Gasteiger partial charge in [-0.05, 0) is 31.2 Å². The predicted molar refractivity (Wildman–Crippen MR) is 73.4 cm³/mol. The van der Waals surface area contributed by atoms with Crippen LogP contribution in [0.3, 0.4) is 0 Å². The highest BCUT2D eigenvalue weighted by molar-refractivity contribution is 6.33. The Morgan fingerprint density at radius 1 is 1.25 bits per heavy atom. The summed E-state index contributed by atoms with van der Waals surface area (Å²) in [6.45, 7) is 1.75. The van der Waals surface area contributed by atoms with E-state index in [0.717, 1.165) is 5.69 Å². The van der Waals surface area contributed by atoms with Crippen molar-refractivity contribution >= 4 is 28.7 Å². The Kier molecular flexibility index (Phi) is 2.87. The quantitative estimate of drug-likeness (QED) is 0.733. The van der Waals surface area contributed by atoms with Crippen molar-refractivity contribution in [2.45, 2.75) is 6.92 Å². The highest BCUT2D eigenvalue weighted by Gasteiger charge is 2.12. The number of nitrogens with zero attached hydrogens (tertiary/aromatic N) is 4. The standard InChI is InChI=1S/C13H9ClN4O2/c1-7-16-11(14)10-12(17-7)18(6-15-10)9-4-2-8(3-5-9)13(19)20/h2-6H,1H3,(H,19,20). The maximum absolute atomic E-state index is 10.8. The first-order valence-electron chi connectivity index (χ1n) is 5.77. The molecule has 0 saturated carbocycles. The number of carboxylic acid groups (broad SMARTS) is 1. The van der Waals surface area contributed by atoms with Gasteiger partial charge in [-0.2, -0.15) is 0 Å². The molecule has 0 spiro atoms. The van der Waals surface area contributed by atoms with Crippen molar-refractivity contribution < 1.29 is 9.90 Å². The van der Waals surface area contributed by atoms with Crippen molar-refractivity contribution in [3.63, 3.8) is 0 Å². The maximum Gasteiger partial charge on any atom is 0.335 e. The summed E-state index contributed by atoms with van der Waals surface area (Å²) in [5.41, 5.74) is 2.08. The largest absolute Gasteiger partial charge is 0.478 e. The highest BCUT2D eigenvalue weighted by atomic mass is 35.5. The van der Waals surface area contributed by atoms with E-state index in [1.165, 1.54) is 12.1 Å². The Hall–Kier alpha value is -2.47. The summed E-state index contributed by atoms with van der Waals surface area (Å²) in [5.74, 6) is -0.417. The van der Waals surface area contributed by atoms with Crippen LogP contribution in [0.2, 0.25) is 5.15 Å². The average Bonchev–Trinajstić information content (AvgIpc) is 2.82. The van der Waals surface area contributed by atoms with E-state index in [1.807, 2.05) is 0 Å². The smallest absolute Gasteiger partial charge is 0.335 e. The third-order valence-electron chi connectivity index (χ3n) is 2.86. The van der Waals surface area contributed by atoms with Gasteiger partial charge in [-0.1, -0.05) is 11.6 Å². The number of imidazole rings is 1. The summed E-state index contributed by atoms with van der Waals surface area (Å²) >= 11 is 6.03. The van der Waals surface area contributed by atoms with Crippen LogP contribution in [0.4, 0.5) is 0 Å². The van der Waals surface area contributed by atoms with E-state index >= 15 is 0 Å². The lowest BCUT2D eigenvalue weighted by Crippen LogP contribution is -1.99. The molecule has 100 valence electrons. The van der Waals surface area contributed by atoms with E-state index in [0.29, 0.717) is 22.1 Å². The molecule has 0 unspecified atom stereocenters. The second-order valence-electron chi connectivity index (χ2n) is 4.20. The molecule has 20 heavy (non-hydrogen) atoms. The Morgan fingerprint density at radius 2 is 1.95 bits per heavy atom. The fraction of sp³-hybridized carbons (Fsp3) is 0.0769. The highest BCUT2D eigenvalue weighted by Crippen LogP contribution is 2.21. The van der Waals surface area contributed by atoms with E-state index in [9.17, 15) is 4.79 Å². The summed E-state index contributed by atoms with van der Waals surface area (Å²) in [7, 11) is 0. The van der Waals surface area contributed by atoms with Crippen LogP contribution in [0.25, 0.3) is 16.9 Å². The van der Waals surface area contributed by atoms with E-state index in [4.69, 9.17) is 16.7 Å². The number of aromatic carboxylic acids is 1. The Labute approximate surface area is 118 Å². The number of fused-ring (bicyclic) bond motifs is 1. The molecule has 1 aromatic carbocycles. The minimum absolute atomic E-state index is 0.224. The van der Waals surface area contributed by atoms with Crippen molar-refractivity contribution in [3.8, 4) is 5.69 Å². The predicted octanol–water partition coefficient (Wildman–Crippen LogP) is 2.48. The minimum atomic E-state index is -0.965. The van der Waals surface area contributed by atoms with Gasteiger partial charge in [-0.15, -0.1) is 0 Å². The summed E-state index contributed by atoms with van der Waals surface area (Å²) in [5, 5.41) is 9.19. The number of carbonyl (C=O) groups is 1. The number of rotatable bonds is 2. The third kappa shape index (κ3) is 2.00. The van der Waals surface area contributed by atoms with Gasteiger partial charge in [-0.25, -0.2) is 19.7 Å². The van der Waals surface area contributed by atoms with Crippen molar-refractivity contribution in [1.82, 2.24) is 19.5 Å². The van der Waals surface area contributed by atoms with Crippen LogP contribution >= 0.6 is 11.6 Å². The van der Waals surface area contributed by atoms with Crippen LogP contribution < -0.4 is 0 Å². The number of aryl methyl sites for hydroxylation is 1. The number of hydrogen-bond donors (Lipinski definition) is 1. The van der Waals surface area contributed by atoms with Crippen molar-refractivity contribution in [1.29, 1.82) is 0 Å². The first-order chi connectivity index (χ1) is 9.56. The van der Waals surface area contributed by atoms with Crippen molar-refractivity contribution in [2.24, 2.45) is 0 Å². The molecule has 0 aliphatic heterocycles. The molecule has 2 heterocycles. The lowest BCUT2D eigenvalue weighted by atomic mass is 10.2. The maximum atomic E-state index is 10.8. The zero-order valence-corrected chi connectivity index (χ0v) is 11.2. The molecule has 6 nitrogen and oxygen atoms in total. The van der Waals surface area contributed by atoms with Crippen molar-refractivity contribution in [2.75, 3.05) is 0 Å². The average molecular weight is 289 g/mol. The van der Waals surface area contributed by atoms with Gasteiger partial charge in [-0.3, -0.25) is 4.57 Å². The van der Waals surface area contributed by atoms with Gasteiger partial charge >= 0.3 is 5.97 Å². The molecular formula is C13H9ClN4O2. The van der Waals surface area contributed by atoms with Crippen LogP contribution in [0.1, 0.15) is 16.2 Å². The molecule has 0 aliphatic carbocycles. The summed E-state index contributed by atoms with van der Waals surface area (Å²) in [6, 6.07) is 6.43. The Morgan fingerprint density at radius 3 is 2.60 bits per heavy atom. The monoisotopic (exact) mass is 288 g/mol. The molecule has 0 aliphatic rings. The zero-order chi connectivity index (χ0) is 14.3. The Balaban J connectivity index is 2.17. The number of benzene rings is 1. The number of aromatic nitrogens is 4. The molecule has 0 bridgehead atoms. The molecule has 0 saturated heterocycles. The fourth-order valence-corrected chi connectivity index (χ4v) is 2.18. The molecule has 7 heteroatoms. The minimum Gasteiger partial charge on any atom is -0.478 e. The van der Waals surface area contributed by atoms with Gasteiger partial charge in [0.15, 0.2) is 10.8 Å². The fourth-order valence-electron chi connectivity index (χ4n) is 1.92. The van der Waals surface area contributed by atoms with Crippen LogP contribution in [-0.4, -0.2) is 30.6 Å². The second-order valence-corrected chi connectivity index (χ2v) is 4.56. The van der Waals surface area contributed by atoms with Gasteiger partial charge in [0.05, 0.1) is 5.56 Å². The first-order valence-corrected chi connectivity index (χ1v) is 6.15. The molecule has 0 amide bonds. The van der Waals surface area contributed by atoms with Gasteiger partial charge < -0.3 is 5.11 Å². The van der Waals surface area contributed by atoms with Crippen LogP contribution in [-0.2, 0) is 0 Å². The molecule has 0 radical (unpaired) electrons. The summed E-state index contributed by atoms with van der Waals surface area (Å²) in [4.78, 5) is 23.4. The van der Waals surface area contributed by atoms with Crippen LogP contribution in [0.15, 0.2) is 30.6 Å². The molecule has 2 aromatic heterocycles. The summed E-state index contributed by atoms with van der Waals surface area (Å²) < 4.78 is 1.74. The lowest BCUT2D eigenvalue weighted by Gasteiger charge is -2.04. The number of hydrogen-bond acceptors (Lipinski definition) is 4. The van der Waals surface area contributed by atoms with Gasteiger partial charge in [0.25, 0.3) is 0 Å². The molecule has 0 atom stereocenters. The van der Waals surface area contributed by atoms with Crippen LogP contribution in [0.5, 0.6) is 0 Å². The Bertz CT molecular complexity index is 811. The molecule has 0 fully saturated rings. The van der Waals surface area contributed by atoms with E-state index in [1.54, 1.807) is 30.0 Å². The topological polar surface area (TPSA) is 80.9 Å². The van der Waals surface area contributed by atoms with E-state index < -0.39 is 5.97 Å². The third-order valence-corrected chi connectivity index (χ3v) is 3.12. The number of carboxylic acids is 1. The number of halogens is 1. The molecule has 3 rings (SSSR count). The van der Waals surface area contributed by atoms with Gasteiger partial charge in [0, 0.05) is 5.69 Å². The molecule has 3 aromatic rings. The van der Waals surface area contributed by atoms with Crippen LogP contribution in [0, 0.1) is 6.92 Å². The lowest BCUT2D eigenvalue weighted by molar-refractivity contribution is 0.0697. The summed E-state index contributed by atoms with van der Waals surface area (Å²) in [6.07, 6.45) is 1.58. The van der Waals surface area contributed by atoms with E-state index in [2.05, 4.69) is 15.0 Å². The van der Waals surface area contributed by atoms with Gasteiger partial charge in [0.2, 0.25) is 0 Å². The second kappa shape index (κ2) is 4.57. The van der Waals surface area contributed by atoms with E-state index in [-0.39, 0.29) is 5.56 Å². The normalized spacial score (nSPS) is 10.9. The molecule has 1 N–H and O–H groups in total. The van der Waals surface area contributed by atoms with Gasteiger partial charge in [0.1, 0.15) is 17.7 Å². The SMILES string of the molecule is Cc1nc(Cl)c2ncn(-c3ccc(C(=O)O)cc3)c2n1.